The van der Waals surface area contributed by atoms with Gasteiger partial charge in [0.2, 0.25) is 0 Å². The molecule has 17 heavy (non-hydrogen) atoms. The summed E-state index contributed by atoms with van der Waals surface area (Å²) in [4.78, 5) is 4.69. The van der Waals surface area contributed by atoms with Crippen LogP contribution < -0.4 is 0 Å². The molecule has 0 amide bonds. The van der Waals surface area contributed by atoms with E-state index < -0.39 is 5.60 Å². The zero-order valence-corrected chi connectivity index (χ0v) is 11.8. The molecular weight excluding hydrogens is 216 g/mol. The normalized spacial score (nSPS) is 23.3. The summed E-state index contributed by atoms with van der Waals surface area (Å²) in [5.74, 6) is 0. The molecule has 102 valence electrons. The maximum atomic E-state index is 9.85. The van der Waals surface area contributed by atoms with Crippen molar-refractivity contribution in [2.24, 2.45) is 0 Å². The van der Waals surface area contributed by atoms with Gasteiger partial charge in [0.05, 0.1) is 18.3 Å². The van der Waals surface area contributed by atoms with Crippen LogP contribution >= 0.6 is 0 Å². The Labute approximate surface area is 106 Å². The number of aliphatic hydroxyl groups is 1. The van der Waals surface area contributed by atoms with E-state index in [1.54, 1.807) is 0 Å². The standard InChI is InChI=1S/C13H28N2O2/c1-5-14-7-8-17-12(9-14)10-15(6-2)11-13(3,4)16/h12,16H,5-11H2,1-4H3. The molecule has 1 rings (SSSR count). The Morgan fingerprint density at radius 3 is 2.65 bits per heavy atom. The topological polar surface area (TPSA) is 35.9 Å². The highest BCUT2D eigenvalue weighted by Crippen LogP contribution is 2.10. The van der Waals surface area contributed by atoms with Crippen LogP contribution in [0.25, 0.3) is 0 Å². The van der Waals surface area contributed by atoms with E-state index in [4.69, 9.17) is 4.74 Å². The van der Waals surface area contributed by atoms with Crippen molar-refractivity contribution >= 4 is 0 Å². The minimum Gasteiger partial charge on any atom is -0.389 e. The van der Waals surface area contributed by atoms with E-state index in [1.165, 1.54) is 0 Å². The van der Waals surface area contributed by atoms with Gasteiger partial charge >= 0.3 is 0 Å². The van der Waals surface area contributed by atoms with Gasteiger partial charge in [-0.3, -0.25) is 9.80 Å². The highest BCUT2D eigenvalue weighted by atomic mass is 16.5. The first-order valence-corrected chi connectivity index (χ1v) is 6.73. The molecule has 1 N–H and O–H groups in total. The molecule has 0 spiro atoms. The Bertz CT molecular complexity index is 216. The third-order valence-corrected chi connectivity index (χ3v) is 3.19. The lowest BCUT2D eigenvalue weighted by atomic mass is 10.1. The van der Waals surface area contributed by atoms with Crippen LogP contribution in [0.2, 0.25) is 0 Å². The van der Waals surface area contributed by atoms with Gasteiger partial charge in [0, 0.05) is 26.2 Å². The van der Waals surface area contributed by atoms with Crippen LogP contribution in [0.15, 0.2) is 0 Å². The molecule has 0 bridgehead atoms. The van der Waals surface area contributed by atoms with Crippen molar-refractivity contribution in [1.82, 2.24) is 9.80 Å². The number of ether oxygens (including phenoxy) is 1. The molecule has 0 aromatic heterocycles. The average molecular weight is 244 g/mol. The van der Waals surface area contributed by atoms with Crippen molar-refractivity contribution in [2.45, 2.75) is 39.4 Å². The van der Waals surface area contributed by atoms with Crippen LogP contribution in [0.5, 0.6) is 0 Å². The van der Waals surface area contributed by atoms with Crippen molar-refractivity contribution in [3.05, 3.63) is 0 Å². The molecule has 0 aliphatic carbocycles. The lowest BCUT2D eigenvalue weighted by molar-refractivity contribution is -0.0514. The van der Waals surface area contributed by atoms with Gasteiger partial charge in [0.1, 0.15) is 0 Å². The van der Waals surface area contributed by atoms with Gasteiger partial charge in [-0.25, -0.2) is 0 Å². The smallest absolute Gasteiger partial charge is 0.0829 e. The Morgan fingerprint density at radius 2 is 2.12 bits per heavy atom. The van der Waals surface area contributed by atoms with Crippen LogP contribution in [-0.2, 0) is 4.74 Å². The maximum absolute atomic E-state index is 9.85. The summed E-state index contributed by atoms with van der Waals surface area (Å²) in [7, 11) is 0. The quantitative estimate of drug-likeness (QED) is 0.750. The van der Waals surface area contributed by atoms with Crippen LogP contribution in [0, 0.1) is 0 Å². The van der Waals surface area contributed by atoms with E-state index in [1.807, 2.05) is 13.8 Å². The molecule has 0 radical (unpaired) electrons. The van der Waals surface area contributed by atoms with E-state index in [2.05, 4.69) is 23.6 Å². The lowest BCUT2D eigenvalue weighted by Crippen LogP contribution is -2.49. The van der Waals surface area contributed by atoms with Gasteiger partial charge in [0.25, 0.3) is 0 Å². The molecule has 0 aromatic carbocycles. The molecule has 1 fully saturated rings. The maximum Gasteiger partial charge on any atom is 0.0829 e. The average Bonchev–Trinajstić information content (AvgIpc) is 2.26. The highest BCUT2D eigenvalue weighted by Gasteiger charge is 2.24. The fraction of sp³-hybridized carbons (Fsp3) is 1.00. The third-order valence-electron chi connectivity index (χ3n) is 3.19. The Kier molecular flexibility index (Phi) is 5.86. The number of hydrogen-bond donors (Lipinski definition) is 1. The first-order chi connectivity index (χ1) is 7.94. The Hall–Kier alpha value is -0.160. The van der Waals surface area contributed by atoms with Gasteiger partial charge in [0.15, 0.2) is 0 Å². The summed E-state index contributed by atoms with van der Waals surface area (Å²) in [5.41, 5.74) is -0.630. The largest absolute Gasteiger partial charge is 0.389 e. The summed E-state index contributed by atoms with van der Waals surface area (Å²) in [5, 5.41) is 9.85. The van der Waals surface area contributed by atoms with E-state index >= 15 is 0 Å². The molecule has 1 unspecified atom stereocenters. The van der Waals surface area contributed by atoms with Gasteiger partial charge in [-0.1, -0.05) is 13.8 Å². The van der Waals surface area contributed by atoms with Gasteiger partial charge in [-0.15, -0.1) is 0 Å². The summed E-state index contributed by atoms with van der Waals surface area (Å²) >= 11 is 0. The molecular formula is C13H28N2O2. The van der Waals surface area contributed by atoms with Crippen molar-refractivity contribution in [3.63, 3.8) is 0 Å². The van der Waals surface area contributed by atoms with Crippen LogP contribution in [0.4, 0.5) is 0 Å². The molecule has 0 saturated carbocycles. The van der Waals surface area contributed by atoms with Crippen LogP contribution in [0.3, 0.4) is 0 Å². The second-order valence-electron chi connectivity index (χ2n) is 5.53. The minimum absolute atomic E-state index is 0.283. The number of likely N-dealkylation sites (N-methyl/N-ethyl adjacent to an activating group) is 2. The highest BCUT2D eigenvalue weighted by molar-refractivity contribution is 4.77. The lowest BCUT2D eigenvalue weighted by Gasteiger charge is -2.36. The Morgan fingerprint density at radius 1 is 1.41 bits per heavy atom. The Balaban J connectivity index is 2.39. The molecule has 1 atom stereocenters. The first kappa shape index (κ1) is 14.9. The zero-order chi connectivity index (χ0) is 12.9. The molecule has 1 aliphatic rings. The van der Waals surface area contributed by atoms with E-state index in [9.17, 15) is 5.11 Å². The van der Waals surface area contributed by atoms with Crippen LogP contribution in [-0.4, -0.2) is 72.5 Å². The fourth-order valence-corrected chi connectivity index (χ4v) is 2.32. The SMILES string of the molecule is CCN1CCOC(CN(CC)CC(C)(C)O)C1. The minimum atomic E-state index is -0.630. The first-order valence-electron chi connectivity index (χ1n) is 6.73. The van der Waals surface area contributed by atoms with Crippen LogP contribution in [0.1, 0.15) is 27.7 Å². The molecule has 4 heteroatoms. The predicted octanol–water partition coefficient (Wildman–Crippen LogP) is 0.800. The molecule has 1 saturated heterocycles. The van der Waals surface area contributed by atoms with Gasteiger partial charge < -0.3 is 9.84 Å². The monoisotopic (exact) mass is 244 g/mol. The number of morpholine rings is 1. The summed E-state index contributed by atoms with van der Waals surface area (Å²) in [6.45, 7) is 14.6. The van der Waals surface area contributed by atoms with E-state index in [0.717, 1.165) is 39.3 Å². The molecule has 4 nitrogen and oxygen atoms in total. The van der Waals surface area contributed by atoms with Gasteiger partial charge in [-0.05, 0) is 26.9 Å². The number of rotatable bonds is 6. The van der Waals surface area contributed by atoms with E-state index in [-0.39, 0.29) is 6.10 Å². The number of nitrogens with zero attached hydrogens (tertiary/aromatic N) is 2. The molecule has 1 aliphatic heterocycles. The van der Waals surface area contributed by atoms with Crippen molar-refractivity contribution in [2.75, 3.05) is 45.9 Å². The second-order valence-corrected chi connectivity index (χ2v) is 5.53. The molecule has 0 aromatic rings. The van der Waals surface area contributed by atoms with Crippen molar-refractivity contribution in [3.8, 4) is 0 Å². The van der Waals surface area contributed by atoms with Gasteiger partial charge in [-0.2, -0.15) is 0 Å². The van der Waals surface area contributed by atoms with Crippen molar-refractivity contribution in [1.29, 1.82) is 0 Å². The second kappa shape index (κ2) is 6.69. The predicted molar refractivity (Wildman–Crippen MR) is 70.3 cm³/mol. The zero-order valence-electron chi connectivity index (χ0n) is 11.8. The summed E-state index contributed by atoms with van der Waals surface area (Å²) in [6, 6.07) is 0. The fourth-order valence-electron chi connectivity index (χ4n) is 2.32. The van der Waals surface area contributed by atoms with E-state index in [0.29, 0.717) is 6.54 Å². The summed E-state index contributed by atoms with van der Waals surface area (Å²) < 4.78 is 5.79. The third kappa shape index (κ3) is 5.82. The van der Waals surface area contributed by atoms with Crippen molar-refractivity contribution < 1.29 is 9.84 Å². The molecule has 1 heterocycles. The summed E-state index contributed by atoms with van der Waals surface area (Å²) in [6.07, 6.45) is 0.283. The number of hydrogen-bond acceptors (Lipinski definition) is 4.